The molecule has 0 radical (unpaired) electrons. The first-order valence-corrected chi connectivity index (χ1v) is 10.2. The third kappa shape index (κ3) is 3.07. The summed E-state index contributed by atoms with van der Waals surface area (Å²) in [6.07, 6.45) is 3.59. The van der Waals surface area contributed by atoms with E-state index < -0.39 is 0 Å². The lowest BCUT2D eigenvalue weighted by molar-refractivity contribution is 0.311. The van der Waals surface area contributed by atoms with Gasteiger partial charge in [0, 0.05) is 34.5 Å². The van der Waals surface area contributed by atoms with Crippen LogP contribution in [0.25, 0.3) is 21.8 Å². The minimum Gasteiger partial charge on any atom is -0.497 e. The van der Waals surface area contributed by atoms with Gasteiger partial charge < -0.3 is 9.72 Å². The summed E-state index contributed by atoms with van der Waals surface area (Å²) in [6, 6.07) is 13.5. The number of benzene rings is 2. The van der Waals surface area contributed by atoms with Crippen LogP contribution in [-0.4, -0.2) is 17.1 Å². The summed E-state index contributed by atoms with van der Waals surface area (Å²) in [5, 5.41) is 2.50. The Bertz CT molecular complexity index is 1240. The van der Waals surface area contributed by atoms with E-state index in [0.717, 1.165) is 36.0 Å². The predicted molar refractivity (Wildman–Crippen MR) is 115 cm³/mol. The second kappa shape index (κ2) is 6.58. The highest BCUT2D eigenvalue weighted by Gasteiger charge is 2.29. The Labute approximate surface area is 169 Å². The fourth-order valence-corrected chi connectivity index (χ4v) is 4.63. The van der Waals surface area contributed by atoms with E-state index in [0.29, 0.717) is 17.7 Å². The van der Waals surface area contributed by atoms with Gasteiger partial charge in [-0.05, 0) is 47.9 Å². The lowest BCUT2D eigenvalue weighted by Gasteiger charge is -2.31. The molecule has 0 saturated carbocycles. The maximum atomic E-state index is 14.7. The standard InChI is InChI=1S/C25H25FN2O/c1-25(2)11-10-18-22(14-25)27-21(12-15-8-9-16(29-3)13-19(15)26)24-23(18)17-6-4-5-7-20(17)28-24/h4-9,13,28H,10-12,14H2,1-3H3. The Morgan fingerprint density at radius 1 is 1.17 bits per heavy atom. The van der Waals surface area contributed by atoms with Crippen molar-refractivity contribution in [1.29, 1.82) is 0 Å². The van der Waals surface area contributed by atoms with Crippen LogP contribution in [-0.2, 0) is 19.3 Å². The van der Waals surface area contributed by atoms with Gasteiger partial charge in [0.05, 0.1) is 18.3 Å². The normalized spacial score (nSPS) is 15.6. The molecule has 0 aliphatic heterocycles. The molecule has 1 aliphatic carbocycles. The van der Waals surface area contributed by atoms with Crippen molar-refractivity contribution >= 4 is 21.8 Å². The van der Waals surface area contributed by atoms with Crippen LogP contribution >= 0.6 is 0 Å². The maximum absolute atomic E-state index is 14.7. The van der Waals surface area contributed by atoms with Gasteiger partial charge in [0.2, 0.25) is 0 Å². The number of hydrogen-bond donors (Lipinski definition) is 1. The largest absolute Gasteiger partial charge is 0.497 e. The number of halogens is 1. The molecule has 2 aromatic heterocycles. The van der Waals surface area contributed by atoms with Gasteiger partial charge in [-0.25, -0.2) is 4.39 Å². The van der Waals surface area contributed by atoms with Crippen molar-refractivity contribution in [2.45, 2.75) is 39.5 Å². The zero-order valence-electron chi connectivity index (χ0n) is 17.1. The number of fused-ring (bicyclic) bond motifs is 5. The monoisotopic (exact) mass is 388 g/mol. The first kappa shape index (κ1) is 18.2. The predicted octanol–water partition coefficient (Wildman–Crippen LogP) is 5.97. The molecule has 1 N–H and O–H groups in total. The lowest BCUT2D eigenvalue weighted by atomic mass is 9.75. The molecular weight excluding hydrogens is 363 g/mol. The Morgan fingerprint density at radius 3 is 2.79 bits per heavy atom. The van der Waals surface area contributed by atoms with Gasteiger partial charge >= 0.3 is 0 Å². The van der Waals surface area contributed by atoms with Crippen molar-refractivity contribution < 1.29 is 9.13 Å². The van der Waals surface area contributed by atoms with Crippen LogP contribution in [0.5, 0.6) is 5.75 Å². The Morgan fingerprint density at radius 2 is 2.00 bits per heavy atom. The molecule has 0 bridgehead atoms. The topological polar surface area (TPSA) is 37.9 Å². The van der Waals surface area contributed by atoms with E-state index in [-0.39, 0.29) is 11.2 Å². The van der Waals surface area contributed by atoms with Crippen LogP contribution in [0.3, 0.4) is 0 Å². The van der Waals surface area contributed by atoms with Crippen molar-refractivity contribution in [3.63, 3.8) is 0 Å². The number of rotatable bonds is 3. The molecule has 0 saturated heterocycles. The van der Waals surface area contributed by atoms with Gasteiger partial charge in [-0.15, -0.1) is 0 Å². The molecule has 0 fully saturated rings. The summed E-state index contributed by atoms with van der Waals surface area (Å²) in [7, 11) is 1.55. The van der Waals surface area contributed by atoms with Gasteiger partial charge in [-0.3, -0.25) is 4.98 Å². The number of pyridine rings is 1. The lowest BCUT2D eigenvalue weighted by Crippen LogP contribution is -2.24. The quantitative estimate of drug-likeness (QED) is 0.469. The molecule has 0 atom stereocenters. The Balaban J connectivity index is 1.73. The highest BCUT2D eigenvalue weighted by molar-refractivity contribution is 6.10. The van der Waals surface area contributed by atoms with Crippen LogP contribution in [0, 0.1) is 11.2 Å². The van der Waals surface area contributed by atoms with Gasteiger partial charge in [-0.1, -0.05) is 38.1 Å². The molecule has 0 spiro atoms. The van der Waals surface area contributed by atoms with Crippen molar-refractivity contribution in [3.8, 4) is 5.75 Å². The first-order valence-electron chi connectivity index (χ1n) is 10.2. The molecule has 29 heavy (non-hydrogen) atoms. The second-order valence-corrected chi connectivity index (χ2v) is 8.88. The number of methoxy groups -OCH3 is 1. The highest BCUT2D eigenvalue weighted by atomic mass is 19.1. The smallest absolute Gasteiger partial charge is 0.130 e. The minimum atomic E-state index is -0.256. The van der Waals surface area contributed by atoms with E-state index >= 15 is 0 Å². The van der Waals surface area contributed by atoms with Crippen molar-refractivity contribution in [2.24, 2.45) is 5.41 Å². The number of aryl methyl sites for hydroxylation is 1. The van der Waals surface area contributed by atoms with E-state index in [1.165, 1.54) is 28.1 Å². The molecule has 3 nitrogen and oxygen atoms in total. The molecule has 0 unspecified atom stereocenters. The Kier molecular flexibility index (Phi) is 4.12. The van der Waals surface area contributed by atoms with Crippen molar-refractivity contribution in [2.75, 3.05) is 7.11 Å². The molecular formula is C25H25FN2O. The van der Waals surface area contributed by atoms with Gasteiger partial charge in [0.1, 0.15) is 11.6 Å². The summed E-state index contributed by atoms with van der Waals surface area (Å²) in [4.78, 5) is 8.65. The maximum Gasteiger partial charge on any atom is 0.130 e. The minimum absolute atomic E-state index is 0.239. The van der Waals surface area contributed by atoms with Crippen LogP contribution in [0.4, 0.5) is 4.39 Å². The molecule has 148 valence electrons. The number of para-hydroxylation sites is 1. The fraction of sp³-hybridized carbons (Fsp3) is 0.320. The zero-order chi connectivity index (χ0) is 20.2. The summed E-state index contributed by atoms with van der Waals surface area (Å²) >= 11 is 0. The van der Waals surface area contributed by atoms with E-state index in [4.69, 9.17) is 9.72 Å². The van der Waals surface area contributed by atoms with Gasteiger partial charge in [0.25, 0.3) is 0 Å². The molecule has 2 heterocycles. The third-order valence-electron chi connectivity index (χ3n) is 6.23. The van der Waals surface area contributed by atoms with Crippen LogP contribution in [0.2, 0.25) is 0 Å². The van der Waals surface area contributed by atoms with Crippen LogP contribution < -0.4 is 4.74 Å². The number of aromatic amines is 1. The van der Waals surface area contributed by atoms with Crippen molar-refractivity contribution in [1.82, 2.24) is 9.97 Å². The summed E-state index contributed by atoms with van der Waals surface area (Å²) < 4.78 is 19.8. The SMILES string of the molecule is COc1ccc(Cc2nc3c(c4c2[nH]c2ccccc24)CCC(C)(C)C3)c(F)c1. The highest BCUT2D eigenvalue weighted by Crippen LogP contribution is 2.40. The number of nitrogens with one attached hydrogen (secondary N) is 1. The number of hydrogen-bond acceptors (Lipinski definition) is 2. The average Bonchev–Trinajstić information content (AvgIpc) is 3.08. The molecule has 1 aliphatic rings. The number of aromatic nitrogens is 2. The molecule has 2 aromatic carbocycles. The Hall–Kier alpha value is -2.88. The molecule has 5 rings (SSSR count). The summed E-state index contributed by atoms with van der Waals surface area (Å²) in [5.41, 5.74) is 6.46. The average molecular weight is 388 g/mol. The molecule has 0 amide bonds. The number of ether oxygens (including phenoxy) is 1. The van der Waals surface area contributed by atoms with E-state index in [2.05, 4.69) is 37.0 Å². The van der Waals surface area contributed by atoms with E-state index in [1.54, 1.807) is 13.2 Å². The van der Waals surface area contributed by atoms with Crippen molar-refractivity contribution in [3.05, 3.63) is 70.8 Å². The first-order chi connectivity index (χ1) is 13.9. The fourth-order valence-electron chi connectivity index (χ4n) is 4.63. The zero-order valence-corrected chi connectivity index (χ0v) is 17.1. The number of H-pyrrole nitrogens is 1. The van der Waals surface area contributed by atoms with E-state index in [9.17, 15) is 4.39 Å². The summed E-state index contributed by atoms with van der Waals surface area (Å²) in [5.74, 6) is 0.274. The second-order valence-electron chi connectivity index (χ2n) is 8.88. The van der Waals surface area contributed by atoms with Gasteiger partial charge in [-0.2, -0.15) is 0 Å². The number of nitrogens with zero attached hydrogens (tertiary/aromatic N) is 1. The van der Waals surface area contributed by atoms with Gasteiger partial charge in [0.15, 0.2) is 0 Å². The van der Waals surface area contributed by atoms with E-state index in [1.807, 2.05) is 12.1 Å². The van der Waals surface area contributed by atoms with Crippen LogP contribution in [0.15, 0.2) is 42.5 Å². The summed E-state index contributed by atoms with van der Waals surface area (Å²) in [6.45, 7) is 4.61. The molecule has 4 heteroatoms. The third-order valence-corrected chi connectivity index (χ3v) is 6.23. The molecule has 4 aromatic rings. The van der Waals surface area contributed by atoms with Crippen LogP contribution in [0.1, 0.15) is 42.8 Å².